The fraction of sp³-hybridized carbons (Fsp3) is 0.625. The van der Waals surface area contributed by atoms with Crippen molar-refractivity contribution in [1.29, 1.82) is 0 Å². The first kappa shape index (κ1) is 8.11. The van der Waals surface area contributed by atoms with Crippen molar-refractivity contribution in [3.05, 3.63) is 11.8 Å². The molecule has 0 amide bonds. The summed E-state index contributed by atoms with van der Waals surface area (Å²) in [4.78, 5) is 10.7. The van der Waals surface area contributed by atoms with Gasteiger partial charge in [0.15, 0.2) is 0 Å². The highest BCUT2D eigenvalue weighted by Gasteiger charge is 2.10. The molecule has 0 spiro atoms. The summed E-state index contributed by atoms with van der Waals surface area (Å²) in [5, 5.41) is 0. The molecule has 1 rings (SSSR count). The molecule has 3 nitrogen and oxygen atoms in total. The average molecular weight is 156 g/mol. The van der Waals surface area contributed by atoms with Gasteiger partial charge in [-0.15, -0.1) is 0 Å². The van der Waals surface area contributed by atoms with Crippen LogP contribution in [0.25, 0.3) is 0 Å². The molecule has 0 radical (unpaired) electrons. The van der Waals surface area contributed by atoms with Crippen LogP contribution in [0.5, 0.6) is 0 Å². The second-order valence-corrected chi connectivity index (χ2v) is 2.35. The third kappa shape index (κ3) is 2.62. The normalized spacial score (nSPS) is 15.9. The molecular weight excluding hydrogens is 144 g/mol. The molecule has 0 aromatic rings. The molecule has 62 valence electrons. The van der Waals surface area contributed by atoms with Gasteiger partial charge in [-0.25, -0.2) is 4.79 Å². The van der Waals surface area contributed by atoms with Crippen molar-refractivity contribution in [2.75, 3.05) is 6.61 Å². The van der Waals surface area contributed by atoms with Crippen LogP contribution in [0.15, 0.2) is 11.8 Å². The Kier molecular flexibility index (Phi) is 2.95. The Hall–Kier alpha value is -0.990. The molecule has 0 unspecified atom stereocenters. The van der Waals surface area contributed by atoms with E-state index in [-0.39, 0.29) is 0 Å². The topological polar surface area (TPSA) is 35.5 Å². The van der Waals surface area contributed by atoms with E-state index in [2.05, 4.69) is 4.74 Å². The first-order chi connectivity index (χ1) is 5.33. The summed E-state index contributed by atoms with van der Waals surface area (Å²) in [6.45, 7) is 2.12. The van der Waals surface area contributed by atoms with Crippen LogP contribution in [0.4, 0.5) is 4.79 Å². The van der Waals surface area contributed by atoms with Crippen LogP contribution < -0.4 is 0 Å². The van der Waals surface area contributed by atoms with Gasteiger partial charge in [-0.1, -0.05) is 0 Å². The van der Waals surface area contributed by atoms with E-state index < -0.39 is 6.16 Å². The van der Waals surface area contributed by atoms with Crippen LogP contribution in [-0.2, 0) is 9.47 Å². The Labute approximate surface area is 66.0 Å². The fourth-order valence-corrected chi connectivity index (χ4v) is 0.988. The van der Waals surface area contributed by atoms with E-state index >= 15 is 0 Å². The molecule has 0 fully saturated rings. The summed E-state index contributed by atoms with van der Waals surface area (Å²) in [5.74, 6) is 0.753. The van der Waals surface area contributed by atoms with Gasteiger partial charge in [-0.05, 0) is 25.8 Å². The van der Waals surface area contributed by atoms with Gasteiger partial charge in [0.25, 0.3) is 0 Å². The van der Waals surface area contributed by atoms with E-state index in [4.69, 9.17) is 4.74 Å². The lowest BCUT2D eigenvalue weighted by atomic mass is 10.4. The molecule has 1 aliphatic carbocycles. The minimum Gasteiger partial charge on any atom is -0.434 e. The number of carbonyl (C=O) groups is 1. The van der Waals surface area contributed by atoms with Crippen LogP contribution >= 0.6 is 0 Å². The van der Waals surface area contributed by atoms with Gasteiger partial charge < -0.3 is 9.47 Å². The van der Waals surface area contributed by atoms with Crippen LogP contribution in [0.2, 0.25) is 0 Å². The van der Waals surface area contributed by atoms with Gasteiger partial charge in [0, 0.05) is 6.42 Å². The van der Waals surface area contributed by atoms with E-state index in [1.54, 1.807) is 6.92 Å². The van der Waals surface area contributed by atoms with Crippen LogP contribution in [0.3, 0.4) is 0 Å². The van der Waals surface area contributed by atoms with Gasteiger partial charge in [-0.3, -0.25) is 0 Å². The summed E-state index contributed by atoms with van der Waals surface area (Å²) in [6.07, 6.45) is 4.29. The van der Waals surface area contributed by atoms with Crippen LogP contribution in [0.1, 0.15) is 26.2 Å². The largest absolute Gasteiger partial charge is 0.513 e. The average Bonchev–Trinajstić information content (AvgIpc) is 2.40. The molecule has 0 bridgehead atoms. The van der Waals surface area contributed by atoms with E-state index in [0.717, 1.165) is 25.0 Å². The first-order valence-electron chi connectivity index (χ1n) is 3.86. The van der Waals surface area contributed by atoms with Crippen molar-refractivity contribution in [3.8, 4) is 0 Å². The minimum atomic E-state index is -0.583. The quantitative estimate of drug-likeness (QED) is 0.575. The Morgan fingerprint density at radius 2 is 2.55 bits per heavy atom. The Morgan fingerprint density at radius 1 is 1.73 bits per heavy atom. The second-order valence-electron chi connectivity index (χ2n) is 2.35. The summed E-state index contributed by atoms with van der Waals surface area (Å²) >= 11 is 0. The zero-order valence-electron chi connectivity index (χ0n) is 6.63. The zero-order chi connectivity index (χ0) is 8.10. The maximum absolute atomic E-state index is 10.7. The lowest BCUT2D eigenvalue weighted by Gasteiger charge is -2.02. The minimum absolute atomic E-state index is 0.367. The summed E-state index contributed by atoms with van der Waals surface area (Å²) in [6, 6.07) is 0. The van der Waals surface area contributed by atoms with Crippen LogP contribution in [0, 0.1) is 0 Å². The van der Waals surface area contributed by atoms with Crippen molar-refractivity contribution in [1.82, 2.24) is 0 Å². The highest BCUT2D eigenvalue weighted by molar-refractivity contribution is 5.61. The number of carbonyl (C=O) groups excluding carboxylic acids is 1. The summed E-state index contributed by atoms with van der Waals surface area (Å²) < 4.78 is 9.45. The second kappa shape index (κ2) is 4.01. The lowest BCUT2D eigenvalue weighted by Crippen LogP contribution is -2.05. The number of hydrogen-bond acceptors (Lipinski definition) is 3. The van der Waals surface area contributed by atoms with Crippen molar-refractivity contribution < 1.29 is 14.3 Å². The highest BCUT2D eigenvalue weighted by Crippen LogP contribution is 2.18. The molecule has 0 aromatic carbocycles. The molecular formula is C8H12O3. The Bertz CT molecular complexity index is 172. The number of hydrogen-bond donors (Lipinski definition) is 0. The van der Waals surface area contributed by atoms with Crippen LogP contribution in [-0.4, -0.2) is 12.8 Å². The maximum atomic E-state index is 10.7. The number of rotatable bonds is 2. The molecule has 0 heterocycles. The van der Waals surface area contributed by atoms with E-state index in [0.29, 0.717) is 6.61 Å². The predicted octanol–water partition coefficient (Wildman–Crippen LogP) is 2.23. The fourth-order valence-electron chi connectivity index (χ4n) is 0.988. The zero-order valence-corrected chi connectivity index (χ0v) is 6.63. The molecule has 0 saturated carbocycles. The SMILES string of the molecule is CCOC(=O)OC1=CCCC1. The van der Waals surface area contributed by atoms with Gasteiger partial charge in [0.1, 0.15) is 5.76 Å². The Balaban J connectivity index is 2.24. The van der Waals surface area contributed by atoms with Crippen molar-refractivity contribution in [3.63, 3.8) is 0 Å². The molecule has 0 aromatic heterocycles. The molecule has 0 aliphatic heterocycles. The standard InChI is InChI=1S/C8H12O3/c1-2-10-8(9)11-7-5-3-4-6-7/h5H,2-4,6H2,1H3. The first-order valence-corrected chi connectivity index (χ1v) is 3.86. The summed E-state index contributed by atoms with van der Waals surface area (Å²) in [5.41, 5.74) is 0. The molecule has 0 N–H and O–H groups in total. The van der Waals surface area contributed by atoms with E-state index in [9.17, 15) is 4.79 Å². The highest BCUT2D eigenvalue weighted by atomic mass is 16.7. The van der Waals surface area contributed by atoms with Crippen molar-refractivity contribution in [2.24, 2.45) is 0 Å². The molecule has 1 aliphatic rings. The molecule has 0 atom stereocenters. The maximum Gasteiger partial charge on any atom is 0.513 e. The van der Waals surface area contributed by atoms with Gasteiger partial charge in [-0.2, -0.15) is 0 Å². The smallest absolute Gasteiger partial charge is 0.434 e. The van der Waals surface area contributed by atoms with E-state index in [1.807, 2.05) is 6.08 Å². The molecule has 0 saturated heterocycles. The third-order valence-corrected chi connectivity index (χ3v) is 1.48. The van der Waals surface area contributed by atoms with Gasteiger partial charge >= 0.3 is 6.16 Å². The lowest BCUT2D eigenvalue weighted by molar-refractivity contribution is 0.0803. The number of allylic oxidation sites excluding steroid dienone is 2. The number of ether oxygens (including phenoxy) is 2. The van der Waals surface area contributed by atoms with Gasteiger partial charge in [0.05, 0.1) is 6.61 Å². The van der Waals surface area contributed by atoms with Gasteiger partial charge in [0.2, 0.25) is 0 Å². The monoisotopic (exact) mass is 156 g/mol. The predicted molar refractivity (Wildman–Crippen MR) is 40.0 cm³/mol. The van der Waals surface area contributed by atoms with Crippen molar-refractivity contribution in [2.45, 2.75) is 26.2 Å². The third-order valence-electron chi connectivity index (χ3n) is 1.48. The summed E-state index contributed by atoms with van der Waals surface area (Å²) in [7, 11) is 0. The van der Waals surface area contributed by atoms with Crippen molar-refractivity contribution >= 4 is 6.16 Å². The molecule has 3 heteroatoms. The van der Waals surface area contributed by atoms with E-state index in [1.165, 1.54) is 0 Å². The Morgan fingerprint density at radius 3 is 3.09 bits per heavy atom. The molecule has 11 heavy (non-hydrogen) atoms.